The molecule has 0 atom stereocenters. The van der Waals surface area contributed by atoms with Crippen LogP contribution >= 0.6 is 0 Å². The fourth-order valence-corrected chi connectivity index (χ4v) is 3.19. The first-order valence-electron chi connectivity index (χ1n) is 8.01. The second-order valence-electron chi connectivity index (χ2n) is 6.03. The minimum Gasteiger partial charge on any atom is -0.340 e. The van der Waals surface area contributed by atoms with Gasteiger partial charge in [0.25, 0.3) is 5.91 Å². The summed E-state index contributed by atoms with van der Waals surface area (Å²) >= 11 is 0. The van der Waals surface area contributed by atoms with Gasteiger partial charge in [0.1, 0.15) is 0 Å². The fraction of sp³-hybridized carbons (Fsp3) is 0.158. The van der Waals surface area contributed by atoms with Crippen LogP contribution in [0, 0.1) is 0 Å². The lowest BCUT2D eigenvalue weighted by molar-refractivity contribution is -0.137. The van der Waals surface area contributed by atoms with Crippen molar-refractivity contribution >= 4 is 23.5 Å². The third-order valence-corrected chi connectivity index (χ3v) is 4.43. The molecule has 2 aromatic carbocycles. The molecule has 0 saturated heterocycles. The van der Waals surface area contributed by atoms with Crippen LogP contribution in [0.25, 0.3) is 0 Å². The molecular formula is C19H14F3N3O. The summed E-state index contributed by atoms with van der Waals surface area (Å²) in [7, 11) is 0. The number of alkyl halides is 3. The van der Waals surface area contributed by atoms with Crippen molar-refractivity contribution < 1.29 is 18.0 Å². The topological polar surface area (TPSA) is 35.9 Å². The van der Waals surface area contributed by atoms with Gasteiger partial charge in [0.15, 0.2) is 0 Å². The Kier molecular flexibility index (Phi) is 3.79. The molecular weight excluding hydrogens is 343 g/mol. The van der Waals surface area contributed by atoms with Crippen LogP contribution in [-0.2, 0) is 12.7 Å². The zero-order valence-corrected chi connectivity index (χ0v) is 13.6. The molecule has 0 unspecified atom stereocenters. The molecule has 0 fully saturated rings. The Balaban J connectivity index is 1.71. The van der Waals surface area contributed by atoms with Crippen molar-refractivity contribution in [1.29, 1.82) is 0 Å². The average molecular weight is 357 g/mol. The van der Waals surface area contributed by atoms with Crippen molar-refractivity contribution in [1.82, 2.24) is 0 Å². The molecule has 2 aliphatic rings. The number of halogens is 3. The number of rotatable bonds is 2. The molecule has 0 spiro atoms. The molecule has 0 radical (unpaired) electrons. The third-order valence-electron chi connectivity index (χ3n) is 4.43. The molecule has 0 saturated carbocycles. The zero-order chi connectivity index (χ0) is 18.3. The van der Waals surface area contributed by atoms with Crippen LogP contribution in [0.3, 0.4) is 0 Å². The molecule has 4 nitrogen and oxygen atoms in total. The number of carbonyl (C=O) groups is 1. The van der Waals surface area contributed by atoms with Gasteiger partial charge in [-0.25, -0.2) is 0 Å². The predicted octanol–water partition coefficient (Wildman–Crippen LogP) is 4.23. The maximum absolute atomic E-state index is 13.0. The van der Waals surface area contributed by atoms with Gasteiger partial charge in [0, 0.05) is 24.3 Å². The normalized spacial score (nSPS) is 16.3. The molecule has 26 heavy (non-hydrogen) atoms. The van der Waals surface area contributed by atoms with Gasteiger partial charge >= 0.3 is 6.18 Å². The minimum atomic E-state index is -4.45. The van der Waals surface area contributed by atoms with Crippen LogP contribution in [0.1, 0.15) is 21.5 Å². The molecule has 132 valence electrons. The van der Waals surface area contributed by atoms with Gasteiger partial charge in [-0.2, -0.15) is 13.2 Å². The number of carbonyl (C=O) groups excluding carboxylic acids is 1. The first-order chi connectivity index (χ1) is 12.4. The highest BCUT2D eigenvalue weighted by atomic mass is 19.4. The number of aliphatic imine (C=N–C) groups is 1. The highest BCUT2D eigenvalue weighted by molar-refractivity contribution is 6.13. The first kappa shape index (κ1) is 16.4. The van der Waals surface area contributed by atoms with E-state index in [4.69, 9.17) is 0 Å². The number of amides is 1. The van der Waals surface area contributed by atoms with E-state index in [-0.39, 0.29) is 18.1 Å². The number of anilines is 2. The standard InChI is InChI=1S/C19H14F3N3O/c20-19(21,22)14-4-2-5-15(11-14)25-12-13-3-1-6-16(17(13)18(25)26)24-9-7-23-8-10-24/h1-9,11H,10,12H2. The maximum Gasteiger partial charge on any atom is 0.416 e. The lowest BCUT2D eigenvalue weighted by Gasteiger charge is -2.22. The SMILES string of the molecule is O=C1c2c(cccc2N2C=CN=CC2)CN1c1cccc(C(F)(F)F)c1. The second-order valence-corrected chi connectivity index (χ2v) is 6.03. The molecule has 0 bridgehead atoms. The van der Waals surface area contributed by atoms with Gasteiger partial charge in [-0.3, -0.25) is 9.79 Å². The Hall–Kier alpha value is -3.09. The summed E-state index contributed by atoms with van der Waals surface area (Å²) in [6.07, 6.45) is 0.681. The van der Waals surface area contributed by atoms with Crippen LogP contribution < -0.4 is 9.80 Å². The van der Waals surface area contributed by atoms with E-state index < -0.39 is 11.7 Å². The molecule has 4 rings (SSSR count). The molecule has 0 aliphatic carbocycles. The second kappa shape index (κ2) is 6.01. The van der Waals surface area contributed by atoms with Crippen molar-refractivity contribution in [3.63, 3.8) is 0 Å². The van der Waals surface area contributed by atoms with Crippen molar-refractivity contribution in [3.05, 3.63) is 71.6 Å². The van der Waals surface area contributed by atoms with E-state index in [1.165, 1.54) is 17.0 Å². The predicted molar refractivity (Wildman–Crippen MR) is 93.4 cm³/mol. The van der Waals surface area contributed by atoms with Gasteiger partial charge in [-0.15, -0.1) is 0 Å². The maximum atomic E-state index is 13.0. The van der Waals surface area contributed by atoms with Gasteiger partial charge in [0.05, 0.1) is 29.9 Å². The Morgan fingerprint density at radius 2 is 1.88 bits per heavy atom. The van der Waals surface area contributed by atoms with Gasteiger partial charge in [-0.1, -0.05) is 18.2 Å². The number of fused-ring (bicyclic) bond motifs is 1. The smallest absolute Gasteiger partial charge is 0.340 e. The Bertz CT molecular complexity index is 934. The van der Waals surface area contributed by atoms with Crippen molar-refractivity contribution in [2.24, 2.45) is 4.99 Å². The highest BCUT2D eigenvalue weighted by Crippen LogP contribution is 2.37. The molecule has 2 heterocycles. The van der Waals surface area contributed by atoms with Crippen molar-refractivity contribution in [2.75, 3.05) is 16.3 Å². The molecule has 0 N–H and O–H groups in total. The average Bonchev–Trinajstić information content (AvgIpc) is 2.99. The van der Waals surface area contributed by atoms with E-state index in [0.29, 0.717) is 12.1 Å². The first-order valence-corrected chi connectivity index (χ1v) is 8.01. The summed E-state index contributed by atoms with van der Waals surface area (Å²) < 4.78 is 39.0. The van der Waals surface area contributed by atoms with E-state index in [9.17, 15) is 18.0 Å². The monoisotopic (exact) mass is 357 g/mol. The summed E-state index contributed by atoms with van der Waals surface area (Å²) in [4.78, 5) is 20.3. The molecule has 0 aromatic heterocycles. The van der Waals surface area contributed by atoms with Crippen molar-refractivity contribution in [3.8, 4) is 0 Å². The molecule has 7 heteroatoms. The van der Waals surface area contributed by atoms with E-state index in [2.05, 4.69) is 4.99 Å². The van der Waals surface area contributed by atoms with E-state index in [1.807, 2.05) is 23.1 Å². The van der Waals surface area contributed by atoms with E-state index in [1.54, 1.807) is 18.6 Å². The quantitative estimate of drug-likeness (QED) is 0.806. The number of hydrogen-bond acceptors (Lipinski definition) is 3. The lowest BCUT2D eigenvalue weighted by Crippen LogP contribution is -2.26. The lowest BCUT2D eigenvalue weighted by atomic mass is 10.1. The van der Waals surface area contributed by atoms with Gasteiger partial charge in [0.2, 0.25) is 0 Å². The summed E-state index contributed by atoms with van der Waals surface area (Å²) in [5, 5.41) is 0. The number of benzene rings is 2. The van der Waals surface area contributed by atoms with Gasteiger partial charge in [-0.05, 0) is 29.8 Å². The zero-order valence-electron chi connectivity index (χ0n) is 13.6. The summed E-state index contributed by atoms with van der Waals surface area (Å²) in [5.41, 5.74) is 1.51. The number of nitrogens with zero attached hydrogens (tertiary/aromatic N) is 3. The van der Waals surface area contributed by atoms with Crippen LogP contribution in [0.15, 0.2) is 59.9 Å². The van der Waals surface area contributed by atoms with Crippen LogP contribution in [0.2, 0.25) is 0 Å². The summed E-state index contributed by atoms with van der Waals surface area (Å²) in [6, 6.07) is 10.3. The van der Waals surface area contributed by atoms with E-state index >= 15 is 0 Å². The van der Waals surface area contributed by atoms with Gasteiger partial charge < -0.3 is 9.80 Å². The summed E-state index contributed by atoms with van der Waals surface area (Å²) in [6.45, 7) is 0.777. The third kappa shape index (κ3) is 2.75. The molecule has 1 amide bonds. The molecule has 2 aliphatic heterocycles. The van der Waals surface area contributed by atoms with Crippen LogP contribution in [0.4, 0.5) is 24.5 Å². The largest absolute Gasteiger partial charge is 0.416 e. The molecule has 2 aromatic rings. The van der Waals surface area contributed by atoms with Crippen LogP contribution in [0.5, 0.6) is 0 Å². The van der Waals surface area contributed by atoms with Crippen molar-refractivity contribution in [2.45, 2.75) is 12.7 Å². The van der Waals surface area contributed by atoms with Crippen LogP contribution in [-0.4, -0.2) is 18.7 Å². The Labute approximate surface area is 147 Å². The van der Waals surface area contributed by atoms with E-state index in [0.717, 1.165) is 23.4 Å². The summed E-state index contributed by atoms with van der Waals surface area (Å²) in [5.74, 6) is -0.300. The minimum absolute atomic E-state index is 0.239. The Morgan fingerprint density at radius 3 is 2.62 bits per heavy atom. The fourth-order valence-electron chi connectivity index (χ4n) is 3.19. The highest BCUT2D eigenvalue weighted by Gasteiger charge is 2.35. The number of hydrogen-bond donors (Lipinski definition) is 0. The Morgan fingerprint density at radius 1 is 1.08 bits per heavy atom.